The van der Waals surface area contributed by atoms with Gasteiger partial charge in [-0.1, -0.05) is 19.3 Å². The van der Waals surface area contributed by atoms with Gasteiger partial charge in [0.15, 0.2) is 0 Å². The minimum absolute atomic E-state index is 0.113. The van der Waals surface area contributed by atoms with Gasteiger partial charge in [0, 0.05) is 39.4 Å². The summed E-state index contributed by atoms with van der Waals surface area (Å²) in [6.45, 7) is 1.51. The molecule has 1 aromatic heterocycles. The summed E-state index contributed by atoms with van der Waals surface area (Å²) in [5.41, 5.74) is 0.417. The lowest BCUT2D eigenvalue weighted by Gasteiger charge is -2.31. The number of nitrogens with zero attached hydrogens (tertiary/aromatic N) is 3. The van der Waals surface area contributed by atoms with Crippen LogP contribution in [0.1, 0.15) is 42.6 Å². The lowest BCUT2D eigenvalue weighted by Crippen LogP contribution is -2.40. The summed E-state index contributed by atoms with van der Waals surface area (Å²) in [5, 5.41) is 0. The van der Waals surface area contributed by atoms with Gasteiger partial charge in [-0.2, -0.15) is 4.31 Å². The zero-order valence-electron chi connectivity index (χ0n) is 15.0. The molecule has 1 aromatic rings. The number of rotatable bonds is 4. The molecule has 0 aromatic carbocycles. The highest BCUT2D eigenvalue weighted by Gasteiger charge is 2.30. The van der Waals surface area contributed by atoms with Gasteiger partial charge < -0.3 is 14.2 Å². The van der Waals surface area contributed by atoms with Crippen LogP contribution in [0.25, 0.3) is 0 Å². The average molecular weight is 369 g/mol. The lowest BCUT2D eigenvalue weighted by molar-refractivity contribution is 0.0686. The predicted octanol–water partition coefficient (Wildman–Crippen LogP) is 1.45. The first-order chi connectivity index (χ1) is 11.9. The quantitative estimate of drug-likeness (QED) is 0.805. The van der Waals surface area contributed by atoms with Gasteiger partial charge in [-0.3, -0.25) is 4.79 Å². The SMILES string of the molecule is CN(C(=O)c1cc(S(=O)(=O)N2CCOCC2)cn1C)C1CCCCC1. The maximum Gasteiger partial charge on any atom is 0.270 e. The molecule has 0 atom stereocenters. The molecule has 1 amide bonds. The third-order valence-electron chi connectivity index (χ3n) is 5.25. The Kier molecular flexibility index (Phi) is 5.50. The molecule has 2 heterocycles. The van der Waals surface area contributed by atoms with Crippen LogP contribution in [0.3, 0.4) is 0 Å². The summed E-state index contributed by atoms with van der Waals surface area (Å²) in [6.07, 6.45) is 7.09. The van der Waals surface area contributed by atoms with E-state index in [9.17, 15) is 13.2 Å². The molecule has 0 unspecified atom stereocenters. The highest BCUT2D eigenvalue weighted by atomic mass is 32.2. The molecule has 2 fully saturated rings. The number of carbonyl (C=O) groups excluding carboxylic acids is 1. The van der Waals surface area contributed by atoms with Crippen LogP contribution in [0.15, 0.2) is 17.2 Å². The number of ether oxygens (including phenoxy) is 1. The van der Waals surface area contributed by atoms with E-state index in [0.717, 1.165) is 25.7 Å². The number of morpholine rings is 1. The number of amides is 1. The molecule has 1 saturated carbocycles. The van der Waals surface area contributed by atoms with Crippen molar-refractivity contribution in [3.63, 3.8) is 0 Å². The van der Waals surface area contributed by atoms with E-state index in [1.165, 1.54) is 23.0 Å². The Labute approximate surface area is 149 Å². The van der Waals surface area contributed by atoms with Crippen molar-refractivity contribution >= 4 is 15.9 Å². The topological polar surface area (TPSA) is 71.8 Å². The number of aromatic nitrogens is 1. The van der Waals surface area contributed by atoms with Crippen LogP contribution < -0.4 is 0 Å². The summed E-state index contributed by atoms with van der Waals surface area (Å²) in [5.74, 6) is -0.113. The lowest BCUT2D eigenvalue weighted by atomic mass is 9.94. The van der Waals surface area contributed by atoms with E-state index in [1.54, 1.807) is 16.5 Å². The van der Waals surface area contributed by atoms with Crippen molar-refractivity contribution in [2.75, 3.05) is 33.4 Å². The van der Waals surface area contributed by atoms with Crippen LogP contribution in [-0.2, 0) is 21.8 Å². The summed E-state index contributed by atoms with van der Waals surface area (Å²) in [7, 11) is -0.0426. The van der Waals surface area contributed by atoms with Crippen molar-refractivity contribution in [3.05, 3.63) is 18.0 Å². The van der Waals surface area contributed by atoms with Crippen molar-refractivity contribution in [2.45, 2.75) is 43.0 Å². The fraction of sp³-hybridized carbons (Fsp3) is 0.706. The van der Waals surface area contributed by atoms with Crippen molar-refractivity contribution in [3.8, 4) is 0 Å². The van der Waals surface area contributed by atoms with Gasteiger partial charge in [-0.05, 0) is 18.9 Å². The molecule has 0 N–H and O–H groups in total. The number of hydrogen-bond acceptors (Lipinski definition) is 4. The Bertz CT molecular complexity index is 716. The maximum atomic E-state index is 12.9. The second-order valence-electron chi connectivity index (χ2n) is 6.90. The summed E-state index contributed by atoms with van der Waals surface area (Å²) in [4.78, 5) is 14.8. The average Bonchev–Trinajstić information content (AvgIpc) is 3.04. The molecule has 0 bridgehead atoms. The Balaban J connectivity index is 1.80. The van der Waals surface area contributed by atoms with E-state index in [0.29, 0.717) is 32.0 Å². The summed E-state index contributed by atoms with van der Waals surface area (Å²) >= 11 is 0. The number of hydrogen-bond donors (Lipinski definition) is 0. The number of sulfonamides is 1. The maximum absolute atomic E-state index is 12.9. The van der Waals surface area contributed by atoms with Gasteiger partial charge in [-0.15, -0.1) is 0 Å². The van der Waals surface area contributed by atoms with Gasteiger partial charge >= 0.3 is 0 Å². The fourth-order valence-corrected chi connectivity index (χ4v) is 5.12. The summed E-state index contributed by atoms with van der Waals surface area (Å²) in [6, 6.07) is 1.75. The molecule has 140 valence electrons. The minimum atomic E-state index is -3.59. The molecule has 3 rings (SSSR count). The molecule has 7 nitrogen and oxygen atoms in total. The Hall–Kier alpha value is -1.38. The second-order valence-corrected chi connectivity index (χ2v) is 8.83. The molecule has 1 aliphatic carbocycles. The van der Waals surface area contributed by atoms with Crippen LogP contribution in [0.5, 0.6) is 0 Å². The first-order valence-corrected chi connectivity index (χ1v) is 10.4. The van der Waals surface area contributed by atoms with E-state index in [2.05, 4.69) is 0 Å². The Morgan fingerprint density at radius 3 is 2.48 bits per heavy atom. The molecular weight excluding hydrogens is 342 g/mol. The van der Waals surface area contributed by atoms with E-state index >= 15 is 0 Å². The standard InChI is InChI=1S/C17H27N3O4S/c1-18-13-15(25(22,23)20-8-10-24-11-9-20)12-16(18)17(21)19(2)14-6-4-3-5-7-14/h12-14H,3-11H2,1-2H3. The predicted molar refractivity (Wildman–Crippen MR) is 94.0 cm³/mol. The third kappa shape index (κ3) is 3.75. The molecule has 1 saturated heterocycles. The Morgan fingerprint density at radius 2 is 1.84 bits per heavy atom. The molecule has 0 radical (unpaired) electrons. The molecule has 8 heteroatoms. The van der Waals surface area contributed by atoms with E-state index in [1.807, 2.05) is 7.05 Å². The van der Waals surface area contributed by atoms with Gasteiger partial charge in [0.25, 0.3) is 5.91 Å². The van der Waals surface area contributed by atoms with Crippen molar-refractivity contribution < 1.29 is 17.9 Å². The normalized spacial score (nSPS) is 20.6. The van der Waals surface area contributed by atoms with E-state index in [-0.39, 0.29) is 16.8 Å². The van der Waals surface area contributed by atoms with Crippen LogP contribution >= 0.6 is 0 Å². The molecule has 2 aliphatic rings. The molecule has 0 spiro atoms. The highest BCUT2D eigenvalue weighted by Crippen LogP contribution is 2.25. The fourth-order valence-electron chi connectivity index (χ4n) is 3.64. The highest BCUT2D eigenvalue weighted by molar-refractivity contribution is 7.89. The first-order valence-electron chi connectivity index (χ1n) is 8.92. The number of carbonyl (C=O) groups is 1. The van der Waals surface area contributed by atoms with Crippen LogP contribution in [0, 0.1) is 0 Å². The summed E-state index contributed by atoms with van der Waals surface area (Å²) < 4.78 is 33.8. The minimum Gasteiger partial charge on any atom is -0.379 e. The molecule has 1 aliphatic heterocycles. The van der Waals surface area contributed by atoms with Gasteiger partial charge in [0.05, 0.1) is 13.2 Å². The van der Waals surface area contributed by atoms with E-state index in [4.69, 9.17) is 4.74 Å². The first kappa shape index (κ1) is 18.4. The monoisotopic (exact) mass is 369 g/mol. The third-order valence-corrected chi connectivity index (χ3v) is 7.11. The van der Waals surface area contributed by atoms with Gasteiger partial charge in [0.2, 0.25) is 10.0 Å². The molecular formula is C17H27N3O4S. The largest absolute Gasteiger partial charge is 0.379 e. The van der Waals surface area contributed by atoms with Crippen LogP contribution in [0.2, 0.25) is 0 Å². The van der Waals surface area contributed by atoms with Gasteiger partial charge in [-0.25, -0.2) is 8.42 Å². The molecule has 25 heavy (non-hydrogen) atoms. The Morgan fingerprint density at radius 1 is 1.20 bits per heavy atom. The van der Waals surface area contributed by atoms with Crippen LogP contribution in [-0.4, -0.2) is 67.5 Å². The second kappa shape index (κ2) is 7.47. The number of aryl methyl sites for hydroxylation is 1. The zero-order valence-corrected chi connectivity index (χ0v) is 15.8. The van der Waals surface area contributed by atoms with Crippen LogP contribution in [0.4, 0.5) is 0 Å². The van der Waals surface area contributed by atoms with Crippen molar-refractivity contribution in [2.24, 2.45) is 7.05 Å². The van der Waals surface area contributed by atoms with E-state index < -0.39 is 10.0 Å². The van der Waals surface area contributed by atoms with Crippen molar-refractivity contribution in [1.82, 2.24) is 13.8 Å². The smallest absolute Gasteiger partial charge is 0.270 e. The van der Waals surface area contributed by atoms with Crippen molar-refractivity contribution in [1.29, 1.82) is 0 Å². The zero-order chi connectivity index (χ0) is 18.0. The van der Waals surface area contributed by atoms with Gasteiger partial charge in [0.1, 0.15) is 10.6 Å².